The molecule has 5 aliphatic carbocycles. The van der Waals surface area contributed by atoms with Crippen molar-refractivity contribution >= 4 is 22.6 Å². The van der Waals surface area contributed by atoms with Crippen LogP contribution in [0.4, 0.5) is 0 Å². The van der Waals surface area contributed by atoms with Crippen LogP contribution in [-0.2, 0) is 0 Å². The van der Waals surface area contributed by atoms with Crippen LogP contribution < -0.4 is 0 Å². The van der Waals surface area contributed by atoms with Crippen LogP contribution in [0.2, 0.25) is 0 Å². The molecule has 0 spiro atoms. The lowest BCUT2D eigenvalue weighted by molar-refractivity contribution is 0.144. The summed E-state index contributed by atoms with van der Waals surface area (Å²) in [5, 5.41) is 0. The molecule has 26 heavy (non-hydrogen) atoms. The van der Waals surface area contributed by atoms with E-state index in [1.165, 1.54) is 57.8 Å². The maximum atomic E-state index is 2.70. The summed E-state index contributed by atoms with van der Waals surface area (Å²) in [5.74, 6) is 3.68. The minimum atomic E-state index is 0.363. The molecule has 4 unspecified atom stereocenters. The number of halogens is 1. The second-order valence-corrected chi connectivity index (χ2v) is 11.9. The van der Waals surface area contributed by atoms with E-state index in [1.807, 2.05) is 0 Å². The third-order valence-corrected chi connectivity index (χ3v) is 9.63. The molecule has 0 aromatic carbocycles. The topological polar surface area (TPSA) is 0 Å². The van der Waals surface area contributed by atoms with Gasteiger partial charge in [-0.2, -0.15) is 0 Å². The molecule has 0 N–H and O–H groups in total. The Bertz CT molecular complexity index is 716. The zero-order valence-electron chi connectivity index (χ0n) is 16.4. The third-order valence-electron chi connectivity index (χ3n) is 8.50. The van der Waals surface area contributed by atoms with Gasteiger partial charge in [0.05, 0.1) is 0 Å². The molecule has 0 aromatic heterocycles. The third kappa shape index (κ3) is 2.83. The fourth-order valence-corrected chi connectivity index (χ4v) is 7.95. The molecule has 2 saturated carbocycles. The Morgan fingerprint density at radius 3 is 2.69 bits per heavy atom. The molecular weight excluding hydrogens is 427 g/mol. The molecule has 0 radical (unpaired) electrons. The van der Waals surface area contributed by atoms with Crippen molar-refractivity contribution in [3.63, 3.8) is 0 Å². The second-order valence-electron chi connectivity index (χ2n) is 10.1. The summed E-state index contributed by atoms with van der Waals surface area (Å²) in [6, 6.07) is 0. The summed E-state index contributed by atoms with van der Waals surface area (Å²) in [4.78, 5) is 0. The van der Waals surface area contributed by atoms with Crippen LogP contribution in [0.15, 0.2) is 46.6 Å². The lowest BCUT2D eigenvalue weighted by Crippen LogP contribution is -2.33. The second kappa shape index (κ2) is 6.64. The first-order valence-electron chi connectivity index (χ1n) is 11.0. The van der Waals surface area contributed by atoms with Crippen LogP contribution in [0, 0.1) is 29.1 Å². The standard InChI is InChI=1S/C25H33I/c1-25(2)23-6-4-3-5-21(23)22-12-10-19(15-24(22)25)16-7-8-18-14-20(26)11-9-17(18)13-16/h3,5,10,12,16-18,20,24H,4,6-9,11,13-15H2,1-2H3/t16-,17?,18?,20?,24?/m0/s1. The van der Waals surface area contributed by atoms with Crippen molar-refractivity contribution in [1.29, 1.82) is 0 Å². The number of fused-ring (bicyclic) bond motifs is 3. The summed E-state index contributed by atoms with van der Waals surface area (Å²) in [5.41, 5.74) is 7.16. The van der Waals surface area contributed by atoms with Crippen LogP contribution in [0.3, 0.4) is 0 Å². The molecule has 0 bridgehead atoms. The van der Waals surface area contributed by atoms with Gasteiger partial charge in [-0.1, -0.05) is 71.9 Å². The van der Waals surface area contributed by atoms with Crippen LogP contribution in [0.1, 0.15) is 71.6 Å². The van der Waals surface area contributed by atoms with Gasteiger partial charge in [0.2, 0.25) is 0 Å². The first-order valence-corrected chi connectivity index (χ1v) is 12.2. The van der Waals surface area contributed by atoms with Crippen molar-refractivity contribution in [3.05, 3.63) is 46.6 Å². The Balaban J connectivity index is 1.37. The van der Waals surface area contributed by atoms with Crippen LogP contribution in [0.5, 0.6) is 0 Å². The fraction of sp³-hybridized carbons (Fsp3) is 0.680. The van der Waals surface area contributed by atoms with Gasteiger partial charge in [0, 0.05) is 3.92 Å². The largest absolute Gasteiger partial charge is 0.0836 e. The Labute approximate surface area is 173 Å². The minimum Gasteiger partial charge on any atom is -0.0836 e. The van der Waals surface area contributed by atoms with E-state index in [0.717, 1.165) is 27.6 Å². The van der Waals surface area contributed by atoms with Crippen molar-refractivity contribution in [3.8, 4) is 0 Å². The molecule has 0 aromatic rings. The van der Waals surface area contributed by atoms with Crippen molar-refractivity contribution < 1.29 is 0 Å². The van der Waals surface area contributed by atoms with Crippen molar-refractivity contribution in [2.24, 2.45) is 29.1 Å². The molecule has 140 valence electrons. The van der Waals surface area contributed by atoms with E-state index >= 15 is 0 Å². The molecule has 1 heteroatoms. The number of hydrogen-bond acceptors (Lipinski definition) is 0. The highest BCUT2D eigenvalue weighted by atomic mass is 127. The molecule has 0 aliphatic heterocycles. The van der Waals surface area contributed by atoms with E-state index in [1.54, 1.807) is 22.3 Å². The molecule has 5 atom stereocenters. The van der Waals surface area contributed by atoms with Gasteiger partial charge >= 0.3 is 0 Å². The van der Waals surface area contributed by atoms with Crippen LogP contribution in [-0.4, -0.2) is 3.92 Å². The maximum Gasteiger partial charge on any atom is 0.0112 e. The SMILES string of the molecule is CC1(C)C2=C(C=CCC2)C2=CC=C([C@H]3CCC4CC(I)CCC4C3)CC21. The lowest BCUT2D eigenvalue weighted by atomic mass is 9.63. The normalized spacial score (nSPS) is 41.1. The zero-order valence-corrected chi connectivity index (χ0v) is 18.6. The van der Waals surface area contributed by atoms with Crippen LogP contribution in [0.25, 0.3) is 0 Å². The molecule has 0 saturated heterocycles. The summed E-state index contributed by atoms with van der Waals surface area (Å²) in [6.07, 6.45) is 22.7. The van der Waals surface area contributed by atoms with Gasteiger partial charge in [0.25, 0.3) is 0 Å². The van der Waals surface area contributed by atoms with Crippen LogP contribution >= 0.6 is 22.6 Å². The van der Waals surface area contributed by atoms with Gasteiger partial charge in [0.1, 0.15) is 0 Å². The molecule has 2 fully saturated rings. The summed E-state index contributed by atoms with van der Waals surface area (Å²) in [7, 11) is 0. The lowest BCUT2D eigenvalue weighted by Gasteiger charge is -2.43. The van der Waals surface area contributed by atoms with Crippen molar-refractivity contribution in [1.82, 2.24) is 0 Å². The number of rotatable bonds is 1. The Kier molecular flexibility index (Phi) is 4.54. The van der Waals surface area contributed by atoms with E-state index in [2.05, 4.69) is 60.7 Å². The van der Waals surface area contributed by atoms with Crippen molar-refractivity contribution in [2.75, 3.05) is 0 Å². The number of allylic oxidation sites excluding steroid dienone is 8. The van der Waals surface area contributed by atoms with Gasteiger partial charge in [-0.05, 0) is 98.0 Å². The highest BCUT2D eigenvalue weighted by Crippen LogP contribution is 2.58. The predicted molar refractivity (Wildman–Crippen MR) is 119 cm³/mol. The minimum absolute atomic E-state index is 0.363. The summed E-state index contributed by atoms with van der Waals surface area (Å²) < 4.78 is 0.953. The Morgan fingerprint density at radius 1 is 1.00 bits per heavy atom. The van der Waals surface area contributed by atoms with Gasteiger partial charge in [-0.15, -0.1) is 0 Å². The van der Waals surface area contributed by atoms with E-state index in [4.69, 9.17) is 0 Å². The van der Waals surface area contributed by atoms with Gasteiger partial charge in [-0.3, -0.25) is 0 Å². The zero-order chi connectivity index (χ0) is 17.9. The first kappa shape index (κ1) is 17.8. The quantitative estimate of drug-likeness (QED) is 0.280. The van der Waals surface area contributed by atoms with Gasteiger partial charge < -0.3 is 0 Å². The monoisotopic (exact) mass is 460 g/mol. The molecule has 5 aliphatic rings. The maximum absolute atomic E-state index is 2.70. The average molecular weight is 460 g/mol. The average Bonchev–Trinajstić information content (AvgIpc) is 2.89. The summed E-state index contributed by atoms with van der Waals surface area (Å²) in [6.45, 7) is 5.04. The summed E-state index contributed by atoms with van der Waals surface area (Å²) >= 11 is 2.70. The molecular formula is C25H33I. The van der Waals surface area contributed by atoms with Crippen molar-refractivity contribution in [2.45, 2.75) is 75.6 Å². The Hall–Kier alpha value is -0.310. The molecule has 5 rings (SSSR count). The van der Waals surface area contributed by atoms with Gasteiger partial charge in [0.15, 0.2) is 0 Å². The molecule has 0 nitrogen and oxygen atoms in total. The molecule has 0 heterocycles. The van der Waals surface area contributed by atoms with Gasteiger partial charge in [-0.25, -0.2) is 0 Å². The number of alkyl halides is 1. The van der Waals surface area contributed by atoms with E-state index in [-0.39, 0.29) is 0 Å². The number of hydrogen-bond donors (Lipinski definition) is 0. The van der Waals surface area contributed by atoms with E-state index in [9.17, 15) is 0 Å². The first-order chi connectivity index (χ1) is 12.5. The smallest absolute Gasteiger partial charge is 0.0112 e. The van der Waals surface area contributed by atoms with E-state index in [0.29, 0.717) is 5.41 Å². The van der Waals surface area contributed by atoms with E-state index < -0.39 is 0 Å². The highest BCUT2D eigenvalue weighted by molar-refractivity contribution is 14.1. The fourth-order valence-electron chi connectivity index (χ4n) is 6.93. The molecule has 0 amide bonds. The Morgan fingerprint density at radius 2 is 1.81 bits per heavy atom. The highest BCUT2D eigenvalue weighted by Gasteiger charge is 2.46. The predicted octanol–water partition coefficient (Wildman–Crippen LogP) is 7.57.